The molecule has 0 aromatic carbocycles. The minimum absolute atomic E-state index is 0.0718. The second-order valence-corrected chi connectivity index (χ2v) is 6.87. The van der Waals surface area contributed by atoms with Gasteiger partial charge in [-0.1, -0.05) is 33.1 Å². The van der Waals surface area contributed by atoms with Crippen molar-refractivity contribution < 1.29 is 9.90 Å². The molecule has 1 heterocycles. The van der Waals surface area contributed by atoms with Gasteiger partial charge in [0, 0.05) is 25.7 Å². The molecule has 2 N–H and O–H groups in total. The number of nitrogens with zero attached hydrogens (tertiary/aromatic N) is 1. The van der Waals surface area contributed by atoms with Crippen molar-refractivity contribution in [3.8, 4) is 0 Å². The zero-order valence-corrected chi connectivity index (χ0v) is 12.3. The number of aliphatic hydroxyl groups excluding tert-OH is 1. The standard InChI is InChI=1S/C15H28N2O2/c1-15(2)10-16-13(8-9-18)14(19)17(11-15)12-6-4-3-5-7-12/h12-13,16,18H,3-11H2,1-2H3. The van der Waals surface area contributed by atoms with Gasteiger partial charge in [-0.25, -0.2) is 0 Å². The first-order valence-electron chi connectivity index (χ1n) is 7.68. The predicted octanol–water partition coefficient (Wildman–Crippen LogP) is 1.53. The van der Waals surface area contributed by atoms with E-state index in [-0.39, 0.29) is 24.0 Å². The summed E-state index contributed by atoms with van der Waals surface area (Å²) >= 11 is 0. The van der Waals surface area contributed by atoms with Crippen LogP contribution in [0.5, 0.6) is 0 Å². The van der Waals surface area contributed by atoms with Gasteiger partial charge in [-0.3, -0.25) is 4.79 Å². The van der Waals surface area contributed by atoms with Crippen LogP contribution < -0.4 is 5.32 Å². The summed E-state index contributed by atoms with van der Waals surface area (Å²) in [4.78, 5) is 14.8. The molecule has 19 heavy (non-hydrogen) atoms. The highest BCUT2D eigenvalue weighted by Gasteiger charge is 2.37. The van der Waals surface area contributed by atoms with Crippen LogP contribution in [0.2, 0.25) is 0 Å². The van der Waals surface area contributed by atoms with Crippen LogP contribution in [-0.4, -0.2) is 47.7 Å². The van der Waals surface area contributed by atoms with Crippen LogP contribution in [0.1, 0.15) is 52.4 Å². The van der Waals surface area contributed by atoms with E-state index in [2.05, 4.69) is 24.1 Å². The molecule has 4 heteroatoms. The highest BCUT2D eigenvalue weighted by molar-refractivity contribution is 5.82. The number of hydrogen-bond donors (Lipinski definition) is 2. The van der Waals surface area contributed by atoms with E-state index < -0.39 is 0 Å². The molecule has 2 aliphatic rings. The van der Waals surface area contributed by atoms with Gasteiger partial charge in [0.2, 0.25) is 5.91 Å². The van der Waals surface area contributed by atoms with Gasteiger partial charge in [0.1, 0.15) is 0 Å². The van der Waals surface area contributed by atoms with Crippen LogP contribution >= 0.6 is 0 Å². The number of nitrogens with one attached hydrogen (secondary N) is 1. The molecule has 0 bridgehead atoms. The van der Waals surface area contributed by atoms with Gasteiger partial charge in [0.05, 0.1) is 6.04 Å². The molecule has 1 aliphatic heterocycles. The molecule has 0 radical (unpaired) electrons. The van der Waals surface area contributed by atoms with Gasteiger partial charge in [-0.05, 0) is 24.7 Å². The minimum atomic E-state index is -0.200. The summed E-state index contributed by atoms with van der Waals surface area (Å²) in [6.45, 7) is 6.18. The monoisotopic (exact) mass is 268 g/mol. The van der Waals surface area contributed by atoms with Crippen LogP contribution in [0.25, 0.3) is 0 Å². The van der Waals surface area contributed by atoms with Gasteiger partial charge in [-0.2, -0.15) is 0 Å². The van der Waals surface area contributed by atoms with E-state index in [1.54, 1.807) is 0 Å². The summed E-state index contributed by atoms with van der Waals surface area (Å²) in [5.41, 5.74) is 0.108. The Labute approximate surface area is 116 Å². The zero-order valence-electron chi connectivity index (χ0n) is 12.3. The summed E-state index contributed by atoms with van der Waals surface area (Å²) in [5, 5.41) is 12.5. The Morgan fingerprint density at radius 1 is 1.32 bits per heavy atom. The third-order valence-electron chi connectivity index (χ3n) is 4.44. The third kappa shape index (κ3) is 3.69. The van der Waals surface area contributed by atoms with Crippen LogP contribution in [0.15, 0.2) is 0 Å². The molecule has 2 fully saturated rings. The van der Waals surface area contributed by atoms with Gasteiger partial charge < -0.3 is 15.3 Å². The lowest BCUT2D eigenvalue weighted by atomic mass is 9.89. The van der Waals surface area contributed by atoms with Crippen LogP contribution in [0.4, 0.5) is 0 Å². The summed E-state index contributed by atoms with van der Waals surface area (Å²) in [6.07, 6.45) is 6.61. The first kappa shape index (κ1) is 14.8. The minimum Gasteiger partial charge on any atom is -0.396 e. The average Bonchev–Trinajstić information content (AvgIpc) is 2.51. The van der Waals surface area contributed by atoms with E-state index in [9.17, 15) is 4.79 Å². The van der Waals surface area contributed by atoms with Crippen molar-refractivity contribution in [3.63, 3.8) is 0 Å². The molecule has 110 valence electrons. The number of rotatable bonds is 3. The molecule has 0 aromatic rings. The van der Waals surface area contributed by atoms with Gasteiger partial charge in [-0.15, -0.1) is 0 Å². The van der Waals surface area contributed by atoms with Gasteiger partial charge in [0.25, 0.3) is 0 Å². The Balaban J connectivity index is 2.13. The molecule has 2 rings (SSSR count). The highest BCUT2D eigenvalue weighted by atomic mass is 16.3. The summed E-state index contributed by atoms with van der Waals surface area (Å²) < 4.78 is 0. The Bertz CT molecular complexity index is 311. The van der Waals surface area contributed by atoms with Gasteiger partial charge in [0.15, 0.2) is 0 Å². The molecule has 4 nitrogen and oxygen atoms in total. The fourth-order valence-electron chi connectivity index (χ4n) is 3.34. The second-order valence-electron chi connectivity index (χ2n) is 6.87. The molecular weight excluding hydrogens is 240 g/mol. The van der Waals surface area contributed by atoms with Crippen LogP contribution in [0, 0.1) is 5.41 Å². The van der Waals surface area contributed by atoms with E-state index in [4.69, 9.17) is 5.11 Å². The first-order chi connectivity index (χ1) is 9.03. The fraction of sp³-hybridized carbons (Fsp3) is 0.933. The quantitative estimate of drug-likeness (QED) is 0.816. The molecule has 1 saturated heterocycles. The number of carbonyl (C=O) groups is 1. The number of amides is 1. The van der Waals surface area contributed by atoms with E-state index in [1.165, 1.54) is 19.3 Å². The molecule has 1 saturated carbocycles. The van der Waals surface area contributed by atoms with Crippen molar-refractivity contribution in [1.29, 1.82) is 0 Å². The molecular formula is C15H28N2O2. The van der Waals surface area contributed by atoms with E-state index >= 15 is 0 Å². The van der Waals surface area contributed by atoms with Crippen molar-refractivity contribution in [2.24, 2.45) is 5.41 Å². The summed E-state index contributed by atoms with van der Waals surface area (Å²) in [6, 6.07) is 0.218. The smallest absolute Gasteiger partial charge is 0.240 e. The SMILES string of the molecule is CC1(C)CNC(CCO)C(=O)N(C2CCCCC2)C1. The van der Waals surface area contributed by atoms with E-state index in [0.717, 1.165) is 25.9 Å². The van der Waals surface area contributed by atoms with Crippen molar-refractivity contribution in [1.82, 2.24) is 10.2 Å². The third-order valence-corrected chi connectivity index (χ3v) is 4.44. The van der Waals surface area contributed by atoms with Crippen molar-refractivity contribution in [2.75, 3.05) is 19.7 Å². The van der Waals surface area contributed by atoms with Crippen LogP contribution in [-0.2, 0) is 4.79 Å². The first-order valence-corrected chi connectivity index (χ1v) is 7.68. The Morgan fingerprint density at radius 2 is 2.00 bits per heavy atom. The molecule has 0 spiro atoms. The normalized spacial score (nSPS) is 29.3. The number of carbonyl (C=O) groups excluding carboxylic acids is 1. The predicted molar refractivity (Wildman–Crippen MR) is 75.9 cm³/mol. The number of aliphatic hydroxyl groups is 1. The fourth-order valence-corrected chi connectivity index (χ4v) is 3.34. The maximum Gasteiger partial charge on any atom is 0.240 e. The molecule has 1 atom stereocenters. The molecule has 1 unspecified atom stereocenters. The Morgan fingerprint density at radius 3 is 2.63 bits per heavy atom. The lowest BCUT2D eigenvalue weighted by Gasteiger charge is -2.38. The lowest BCUT2D eigenvalue weighted by molar-refractivity contribution is -0.136. The molecule has 1 amide bonds. The Hall–Kier alpha value is -0.610. The number of hydrogen-bond acceptors (Lipinski definition) is 3. The average molecular weight is 268 g/mol. The largest absolute Gasteiger partial charge is 0.396 e. The summed E-state index contributed by atoms with van der Waals surface area (Å²) in [7, 11) is 0. The maximum atomic E-state index is 12.7. The second kappa shape index (κ2) is 6.23. The molecule has 1 aliphatic carbocycles. The Kier molecular flexibility index (Phi) is 4.85. The van der Waals surface area contributed by atoms with Gasteiger partial charge >= 0.3 is 0 Å². The highest BCUT2D eigenvalue weighted by Crippen LogP contribution is 2.28. The topological polar surface area (TPSA) is 52.6 Å². The van der Waals surface area contributed by atoms with Crippen LogP contribution in [0.3, 0.4) is 0 Å². The lowest BCUT2D eigenvalue weighted by Crippen LogP contribution is -2.49. The van der Waals surface area contributed by atoms with E-state index in [0.29, 0.717) is 12.5 Å². The van der Waals surface area contributed by atoms with Crippen molar-refractivity contribution in [3.05, 3.63) is 0 Å². The van der Waals surface area contributed by atoms with Crippen molar-refractivity contribution in [2.45, 2.75) is 64.5 Å². The van der Waals surface area contributed by atoms with E-state index in [1.807, 2.05) is 0 Å². The zero-order chi connectivity index (χ0) is 13.9. The maximum absolute atomic E-state index is 12.7. The summed E-state index contributed by atoms with van der Waals surface area (Å²) in [5.74, 6) is 0.200. The van der Waals surface area contributed by atoms with Crippen molar-refractivity contribution >= 4 is 5.91 Å². The molecule has 0 aromatic heterocycles.